The van der Waals surface area contributed by atoms with Crippen LogP contribution in [-0.4, -0.2) is 56.7 Å². The molecule has 7 heteroatoms. The topological polar surface area (TPSA) is 72.2 Å². The third-order valence-corrected chi connectivity index (χ3v) is 5.05. The lowest BCUT2D eigenvalue weighted by molar-refractivity contribution is 0.0155. The summed E-state index contributed by atoms with van der Waals surface area (Å²) in [4.78, 5) is 0. The predicted molar refractivity (Wildman–Crippen MR) is 62.0 cm³/mol. The van der Waals surface area contributed by atoms with Crippen LogP contribution in [0.1, 0.15) is 6.42 Å². The van der Waals surface area contributed by atoms with Gasteiger partial charge in [-0.2, -0.15) is 0 Å². The Morgan fingerprint density at radius 1 is 1.00 bits per heavy atom. The quantitative estimate of drug-likeness (QED) is 0.341. The molecule has 0 rings (SSSR count). The normalized spacial score (nSPS) is 14.1. The molecule has 0 aromatic rings. The zero-order valence-corrected chi connectivity index (χ0v) is 11.5. The molecule has 0 saturated heterocycles. The molecule has 0 aliphatic heterocycles. The van der Waals surface area contributed by atoms with Gasteiger partial charge in [-0.3, -0.25) is 0 Å². The van der Waals surface area contributed by atoms with Crippen LogP contribution < -0.4 is 5.73 Å². The maximum atomic E-state index is 5.76. The lowest BCUT2D eigenvalue weighted by Crippen LogP contribution is -2.44. The first-order valence-electron chi connectivity index (χ1n) is 5.15. The molecule has 0 aromatic carbocycles. The second-order valence-electron chi connectivity index (χ2n) is 3.24. The monoisotopic (exact) mass is 253 g/mol. The molecule has 0 bridgehead atoms. The van der Waals surface area contributed by atoms with Gasteiger partial charge < -0.3 is 28.5 Å². The first-order chi connectivity index (χ1) is 7.64. The van der Waals surface area contributed by atoms with Gasteiger partial charge in [-0.05, 0) is 6.42 Å². The first kappa shape index (κ1) is 16.0. The van der Waals surface area contributed by atoms with E-state index in [2.05, 4.69) is 0 Å². The van der Waals surface area contributed by atoms with Gasteiger partial charge in [-0.25, -0.2) is 0 Å². The summed E-state index contributed by atoms with van der Waals surface area (Å²) in [6.45, 7) is 1.02. The van der Waals surface area contributed by atoms with E-state index < -0.39 is 8.80 Å². The summed E-state index contributed by atoms with van der Waals surface area (Å²) < 4.78 is 26.0. The molecule has 6 nitrogen and oxygen atoms in total. The average molecular weight is 253 g/mol. The van der Waals surface area contributed by atoms with E-state index in [1.54, 1.807) is 28.4 Å². The number of ether oxygens (including phenoxy) is 2. The molecule has 0 fully saturated rings. The maximum Gasteiger partial charge on any atom is 0.500 e. The van der Waals surface area contributed by atoms with Gasteiger partial charge in [-0.1, -0.05) is 0 Å². The molecule has 1 atom stereocenters. The van der Waals surface area contributed by atoms with Crippen molar-refractivity contribution in [2.24, 2.45) is 5.73 Å². The zero-order valence-electron chi connectivity index (χ0n) is 10.5. The van der Waals surface area contributed by atoms with E-state index in [4.69, 9.17) is 28.5 Å². The fourth-order valence-corrected chi connectivity index (χ4v) is 2.99. The Morgan fingerprint density at radius 3 is 2.00 bits per heavy atom. The second kappa shape index (κ2) is 9.05. The summed E-state index contributed by atoms with van der Waals surface area (Å²) in [5.74, 6) is 0. The van der Waals surface area contributed by atoms with Crippen LogP contribution in [0.4, 0.5) is 0 Å². The van der Waals surface area contributed by atoms with Crippen molar-refractivity contribution in [2.75, 3.05) is 41.7 Å². The molecule has 0 aromatic heterocycles. The van der Waals surface area contributed by atoms with Gasteiger partial charge in [0, 0.05) is 34.5 Å². The van der Waals surface area contributed by atoms with Crippen molar-refractivity contribution < 1.29 is 22.8 Å². The van der Waals surface area contributed by atoms with Crippen LogP contribution in [0, 0.1) is 0 Å². The van der Waals surface area contributed by atoms with Crippen LogP contribution >= 0.6 is 0 Å². The molecule has 2 N–H and O–H groups in total. The van der Waals surface area contributed by atoms with E-state index in [9.17, 15) is 0 Å². The van der Waals surface area contributed by atoms with Gasteiger partial charge in [0.15, 0.2) is 0 Å². The van der Waals surface area contributed by atoms with Crippen molar-refractivity contribution in [1.82, 2.24) is 0 Å². The van der Waals surface area contributed by atoms with E-state index >= 15 is 0 Å². The van der Waals surface area contributed by atoms with E-state index in [-0.39, 0.29) is 6.23 Å². The summed E-state index contributed by atoms with van der Waals surface area (Å²) in [5.41, 5.74) is 5.76. The molecule has 98 valence electrons. The Balaban J connectivity index is 3.82. The molecular formula is C9H23NO5Si. The Morgan fingerprint density at radius 2 is 1.56 bits per heavy atom. The molecule has 0 heterocycles. The highest BCUT2D eigenvalue weighted by Gasteiger charge is 2.37. The van der Waals surface area contributed by atoms with Crippen LogP contribution in [0.5, 0.6) is 0 Å². The third kappa shape index (κ3) is 5.90. The number of hydrogen-bond acceptors (Lipinski definition) is 6. The van der Waals surface area contributed by atoms with E-state index in [0.29, 0.717) is 25.7 Å². The lowest BCUT2D eigenvalue weighted by Gasteiger charge is -2.25. The molecule has 0 aliphatic rings. The predicted octanol–water partition coefficient (Wildman–Crippen LogP) is 0.202. The van der Waals surface area contributed by atoms with Crippen LogP contribution in [0.2, 0.25) is 6.04 Å². The standard InChI is InChI=1S/C9H23NO5Si/c1-11-6-7-15-9(10)5-8-16(12-2,13-3)14-4/h9H,5-8,10H2,1-4H3. The Kier molecular flexibility index (Phi) is 9.04. The van der Waals surface area contributed by atoms with E-state index in [0.717, 1.165) is 0 Å². The Hall–Kier alpha value is -0.0231. The number of rotatable bonds is 10. The SMILES string of the molecule is COCCOC(N)CC[Si](OC)(OC)OC. The smallest absolute Gasteiger partial charge is 0.382 e. The minimum Gasteiger partial charge on any atom is -0.382 e. The van der Waals surface area contributed by atoms with Crippen molar-refractivity contribution in [3.8, 4) is 0 Å². The van der Waals surface area contributed by atoms with Crippen molar-refractivity contribution in [2.45, 2.75) is 18.7 Å². The van der Waals surface area contributed by atoms with Crippen molar-refractivity contribution >= 4 is 8.80 Å². The van der Waals surface area contributed by atoms with Crippen molar-refractivity contribution in [3.05, 3.63) is 0 Å². The van der Waals surface area contributed by atoms with Crippen LogP contribution in [0.25, 0.3) is 0 Å². The maximum absolute atomic E-state index is 5.76. The molecule has 0 saturated carbocycles. The van der Waals surface area contributed by atoms with Crippen LogP contribution in [0.15, 0.2) is 0 Å². The molecule has 0 aliphatic carbocycles. The fraction of sp³-hybridized carbons (Fsp3) is 1.00. The van der Waals surface area contributed by atoms with E-state index in [1.165, 1.54) is 0 Å². The number of nitrogens with two attached hydrogens (primary N) is 1. The average Bonchev–Trinajstić information content (AvgIpc) is 2.32. The van der Waals surface area contributed by atoms with E-state index in [1.807, 2.05) is 0 Å². The van der Waals surface area contributed by atoms with Gasteiger partial charge in [0.25, 0.3) is 0 Å². The van der Waals surface area contributed by atoms with Gasteiger partial charge >= 0.3 is 8.80 Å². The third-order valence-electron chi connectivity index (χ3n) is 2.29. The van der Waals surface area contributed by atoms with Crippen LogP contribution in [0.3, 0.4) is 0 Å². The van der Waals surface area contributed by atoms with Gasteiger partial charge in [0.05, 0.1) is 13.2 Å². The summed E-state index contributed by atoms with van der Waals surface area (Å²) in [7, 11) is 3.84. The lowest BCUT2D eigenvalue weighted by atomic mass is 10.4. The number of hydrogen-bond donors (Lipinski definition) is 1. The zero-order chi connectivity index (χ0) is 12.4. The second-order valence-corrected chi connectivity index (χ2v) is 6.33. The summed E-state index contributed by atoms with van der Waals surface area (Å²) >= 11 is 0. The van der Waals surface area contributed by atoms with Gasteiger partial charge in [0.2, 0.25) is 0 Å². The Labute approximate surface area is 98.3 Å². The molecule has 1 unspecified atom stereocenters. The minimum absolute atomic E-state index is 0.345. The van der Waals surface area contributed by atoms with Gasteiger partial charge in [-0.15, -0.1) is 0 Å². The largest absolute Gasteiger partial charge is 0.500 e. The first-order valence-corrected chi connectivity index (χ1v) is 7.09. The Bertz CT molecular complexity index is 160. The van der Waals surface area contributed by atoms with Crippen LogP contribution in [-0.2, 0) is 22.8 Å². The van der Waals surface area contributed by atoms with Gasteiger partial charge in [0.1, 0.15) is 6.23 Å². The highest BCUT2D eigenvalue weighted by atomic mass is 28.4. The molecule has 0 amide bonds. The minimum atomic E-state index is -2.52. The highest BCUT2D eigenvalue weighted by molar-refractivity contribution is 6.60. The molecular weight excluding hydrogens is 230 g/mol. The summed E-state index contributed by atoms with van der Waals surface area (Å²) in [5, 5.41) is 0. The summed E-state index contributed by atoms with van der Waals surface area (Å²) in [6.07, 6.45) is 0.285. The molecule has 16 heavy (non-hydrogen) atoms. The fourth-order valence-electron chi connectivity index (χ4n) is 1.24. The summed E-state index contributed by atoms with van der Waals surface area (Å²) in [6, 6.07) is 0.630. The number of methoxy groups -OCH3 is 1. The van der Waals surface area contributed by atoms with Crippen molar-refractivity contribution in [3.63, 3.8) is 0 Å². The highest BCUT2D eigenvalue weighted by Crippen LogP contribution is 2.16. The van der Waals surface area contributed by atoms with Crippen molar-refractivity contribution in [1.29, 1.82) is 0 Å². The molecule has 0 radical (unpaired) electrons. The molecule has 0 spiro atoms.